The number of aromatic nitrogens is 2. The van der Waals surface area contributed by atoms with Gasteiger partial charge in [-0.2, -0.15) is 0 Å². The molecular formula is C34H32N4O3. The maximum atomic E-state index is 13.1. The molecule has 0 saturated heterocycles. The highest BCUT2D eigenvalue weighted by Crippen LogP contribution is 2.31. The second-order valence-electron chi connectivity index (χ2n) is 9.55. The second-order valence-corrected chi connectivity index (χ2v) is 9.55. The third kappa shape index (κ3) is 6.65. The first-order valence-corrected chi connectivity index (χ1v) is 13.8. The van der Waals surface area contributed by atoms with Crippen LogP contribution in [-0.4, -0.2) is 53.0 Å². The molecule has 1 heterocycles. The van der Waals surface area contributed by atoms with Gasteiger partial charge in [0, 0.05) is 28.9 Å². The highest BCUT2D eigenvalue weighted by Gasteiger charge is 2.15. The summed E-state index contributed by atoms with van der Waals surface area (Å²) in [6.45, 7) is 7.01. The van der Waals surface area contributed by atoms with Gasteiger partial charge in [-0.25, -0.2) is 14.8 Å². The van der Waals surface area contributed by atoms with Gasteiger partial charge in [-0.05, 0) is 55.6 Å². The maximum absolute atomic E-state index is 13.1. The van der Waals surface area contributed by atoms with Gasteiger partial charge in [0.25, 0.3) is 5.91 Å². The summed E-state index contributed by atoms with van der Waals surface area (Å²) in [6, 6.07) is 31.9. The predicted molar refractivity (Wildman–Crippen MR) is 163 cm³/mol. The number of amides is 1. The summed E-state index contributed by atoms with van der Waals surface area (Å²) in [6.07, 6.45) is 0. The molecule has 1 N–H and O–H groups in total. The summed E-state index contributed by atoms with van der Waals surface area (Å²) in [7, 11) is 0. The van der Waals surface area contributed by atoms with E-state index in [0.717, 1.165) is 35.6 Å². The van der Waals surface area contributed by atoms with E-state index in [4.69, 9.17) is 14.7 Å². The highest BCUT2D eigenvalue weighted by molar-refractivity contribution is 6.06. The number of esters is 1. The number of likely N-dealkylation sites (N-methyl/N-ethyl adjacent to an activating group) is 1. The standard InChI is InChI=1S/C34H32N4O3/c1-3-38(4-2)21-22-41-34(40)26-15-18-28(19-16-26)35-33(39)27-17-20-29-30(23-27)37-32(25-13-9-6-10-14-25)31(36-29)24-11-7-5-8-12-24/h5-20,23H,3-4,21-22H2,1-2H3,(H,35,39). The number of hydrogen-bond acceptors (Lipinski definition) is 6. The van der Waals surface area contributed by atoms with Crippen molar-refractivity contribution in [1.29, 1.82) is 0 Å². The molecule has 7 heteroatoms. The zero-order valence-corrected chi connectivity index (χ0v) is 23.2. The SMILES string of the molecule is CCN(CC)CCOC(=O)c1ccc(NC(=O)c2ccc3nc(-c4ccccc4)c(-c4ccccc4)nc3c2)cc1. The van der Waals surface area contributed by atoms with Crippen molar-refractivity contribution >= 4 is 28.6 Å². The first-order chi connectivity index (χ1) is 20.1. The monoisotopic (exact) mass is 544 g/mol. The van der Waals surface area contributed by atoms with Gasteiger partial charge in [0.2, 0.25) is 0 Å². The number of benzene rings is 4. The van der Waals surface area contributed by atoms with E-state index < -0.39 is 0 Å². The van der Waals surface area contributed by atoms with E-state index in [1.54, 1.807) is 36.4 Å². The summed E-state index contributed by atoms with van der Waals surface area (Å²) in [5, 5.41) is 2.90. The molecule has 7 nitrogen and oxygen atoms in total. The van der Waals surface area contributed by atoms with Crippen LogP contribution in [0.25, 0.3) is 33.5 Å². The topological polar surface area (TPSA) is 84.4 Å². The first kappa shape index (κ1) is 27.7. The van der Waals surface area contributed by atoms with Crippen molar-refractivity contribution in [2.75, 3.05) is 31.6 Å². The van der Waals surface area contributed by atoms with E-state index in [1.165, 1.54) is 0 Å². The molecular weight excluding hydrogens is 512 g/mol. The normalized spacial score (nSPS) is 11.0. The van der Waals surface area contributed by atoms with E-state index >= 15 is 0 Å². The van der Waals surface area contributed by atoms with Crippen LogP contribution in [0, 0.1) is 0 Å². The van der Waals surface area contributed by atoms with Crippen molar-refractivity contribution in [2.24, 2.45) is 0 Å². The lowest BCUT2D eigenvalue weighted by Gasteiger charge is -2.17. The summed E-state index contributed by atoms with van der Waals surface area (Å²) < 4.78 is 5.39. The number of anilines is 1. The number of nitrogens with one attached hydrogen (secondary N) is 1. The van der Waals surface area contributed by atoms with Crippen molar-refractivity contribution in [3.8, 4) is 22.5 Å². The summed E-state index contributed by atoms with van der Waals surface area (Å²) >= 11 is 0. The lowest BCUT2D eigenvalue weighted by atomic mass is 10.0. The number of ether oxygens (including phenoxy) is 1. The number of fused-ring (bicyclic) bond motifs is 1. The molecule has 41 heavy (non-hydrogen) atoms. The van der Waals surface area contributed by atoms with Gasteiger partial charge in [0.15, 0.2) is 0 Å². The van der Waals surface area contributed by atoms with E-state index in [1.807, 2.05) is 66.7 Å². The maximum Gasteiger partial charge on any atom is 0.338 e. The van der Waals surface area contributed by atoms with Gasteiger partial charge in [0.1, 0.15) is 6.61 Å². The molecule has 206 valence electrons. The molecule has 0 radical (unpaired) electrons. The number of nitrogens with zero attached hydrogens (tertiary/aromatic N) is 3. The Morgan fingerprint density at radius 2 is 1.27 bits per heavy atom. The molecule has 4 aromatic carbocycles. The Balaban J connectivity index is 1.33. The molecule has 0 saturated carbocycles. The number of carbonyl (C=O) groups is 2. The highest BCUT2D eigenvalue weighted by atomic mass is 16.5. The Morgan fingerprint density at radius 3 is 1.85 bits per heavy atom. The molecule has 0 spiro atoms. The van der Waals surface area contributed by atoms with Gasteiger partial charge in [-0.3, -0.25) is 4.79 Å². The fraction of sp³-hybridized carbons (Fsp3) is 0.176. The number of carbonyl (C=O) groups excluding carboxylic acids is 2. The van der Waals surface area contributed by atoms with Crippen molar-refractivity contribution in [1.82, 2.24) is 14.9 Å². The third-order valence-corrected chi connectivity index (χ3v) is 6.93. The minimum Gasteiger partial charge on any atom is -0.461 e. The minimum absolute atomic E-state index is 0.281. The quantitative estimate of drug-likeness (QED) is 0.197. The van der Waals surface area contributed by atoms with Crippen molar-refractivity contribution in [3.63, 3.8) is 0 Å². The smallest absolute Gasteiger partial charge is 0.338 e. The van der Waals surface area contributed by atoms with Crippen molar-refractivity contribution in [3.05, 3.63) is 114 Å². The van der Waals surface area contributed by atoms with Crippen LogP contribution in [0.2, 0.25) is 0 Å². The van der Waals surface area contributed by atoms with E-state index in [-0.39, 0.29) is 11.9 Å². The summed E-state index contributed by atoms with van der Waals surface area (Å²) in [5.41, 5.74) is 6.24. The minimum atomic E-state index is -0.382. The van der Waals surface area contributed by atoms with Gasteiger partial charge in [-0.15, -0.1) is 0 Å². The molecule has 0 unspecified atom stereocenters. The van der Waals surface area contributed by atoms with Gasteiger partial charge in [0.05, 0.1) is 28.0 Å². The fourth-order valence-electron chi connectivity index (χ4n) is 4.57. The molecule has 5 rings (SSSR count). The molecule has 0 atom stereocenters. The molecule has 1 aromatic heterocycles. The lowest BCUT2D eigenvalue weighted by Crippen LogP contribution is -2.27. The van der Waals surface area contributed by atoms with Gasteiger partial charge in [-0.1, -0.05) is 74.5 Å². The van der Waals surface area contributed by atoms with Crippen molar-refractivity contribution in [2.45, 2.75) is 13.8 Å². The van der Waals surface area contributed by atoms with Crippen LogP contribution in [0.1, 0.15) is 34.6 Å². The van der Waals surface area contributed by atoms with Crippen LogP contribution in [0.5, 0.6) is 0 Å². The molecule has 0 fully saturated rings. The zero-order valence-electron chi connectivity index (χ0n) is 23.2. The first-order valence-electron chi connectivity index (χ1n) is 13.8. The Kier molecular flexibility index (Phi) is 8.76. The Hall–Kier alpha value is -4.88. The van der Waals surface area contributed by atoms with Crippen LogP contribution in [0.3, 0.4) is 0 Å². The molecule has 0 aliphatic carbocycles. The van der Waals surface area contributed by atoms with Crippen LogP contribution in [0.15, 0.2) is 103 Å². The van der Waals surface area contributed by atoms with Gasteiger partial charge < -0.3 is 15.0 Å². The molecule has 0 aliphatic heterocycles. The Labute approximate surface area is 239 Å². The zero-order chi connectivity index (χ0) is 28.6. The average Bonchev–Trinajstić information content (AvgIpc) is 3.03. The number of rotatable bonds is 10. The third-order valence-electron chi connectivity index (χ3n) is 6.93. The predicted octanol–water partition coefficient (Wildman–Crippen LogP) is 6.71. The van der Waals surface area contributed by atoms with Crippen LogP contribution in [-0.2, 0) is 4.74 Å². The molecule has 5 aromatic rings. The van der Waals surface area contributed by atoms with Crippen molar-refractivity contribution < 1.29 is 14.3 Å². The molecule has 0 bridgehead atoms. The number of hydrogen-bond donors (Lipinski definition) is 1. The largest absolute Gasteiger partial charge is 0.461 e. The van der Waals surface area contributed by atoms with Crippen LogP contribution < -0.4 is 5.32 Å². The fourth-order valence-corrected chi connectivity index (χ4v) is 4.57. The van der Waals surface area contributed by atoms with Gasteiger partial charge >= 0.3 is 5.97 Å². The second kappa shape index (κ2) is 13.0. The van der Waals surface area contributed by atoms with E-state index in [0.29, 0.717) is 41.0 Å². The van der Waals surface area contributed by atoms with Crippen LogP contribution in [0.4, 0.5) is 5.69 Å². The van der Waals surface area contributed by atoms with E-state index in [2.05, 4.69) is 24.1 Å². The lowest BCUT2D eigenvalue weighted by molar-refractivity contribution is 0.0466. The van der Waals surface area contributed by atoms with E-state index in [9.17, 15) is 9.59 Å². The Morgan fingerprint density at radius 1 is 0.707 bits per heavy atom. The molecule has 0 aliphatic rings. The summed E-state index contributed by atoms with van der Waals surface area (Å²) in [4.78, 5) is 37.6. The average molecular weight is 545 g/mol. The molecule has 1 amide bonds. The van der Waals surface area contributed by atoms with Crippen LogP contribution >= 0.6 is 0 Å². The Bertz CT molecular complexity index is 1630. The summed E-state index contributed by atoms with van der Waals surface area (Å²) in [5.74, 6) is -0.663.